The first-order chi connectivity index (χ1) is 13.6. The van der Waals surface area contributed by atoms with Crippen LogP contribution in [0.5, 0.6) is 0 Å². The molecule has 1 N–H and O–H groups in total. The maximum Gasteiger partial charge on any atom is 0.410 e. The standard InChI is InChI=1S/C21H38N6O2.HI/c1-16(26(7)20(28)29-21(2,3)4)8-10-23-19(22-5)27-11-9-17(15-27)12-18-13-24-25(6)14-18;/h13-14,16-17H,8-12,15H2,1-7H3,(H,22,23);1H. The Bertz CT molecular complexity index is 700. The molecule has 8 nitrogen and oxygen atoms in total. The fraction of sp³-hybridized carbons (Fsp3) is 0.762. The number of carbonyl (C=O) groups excluding carboxylic acids is 1. The number of hydrogen-bond acceptors (Lipinski definition) is 4. The molecule has 9 heteroatoms. The number of halogens is 1. The summed E-state index contributed by atoms with van der Waals surface area (Å²) in [4.78, 5) is 20.6. The molecule has 30 heavy (non-hydrogen) atoms. The molecule has 0 saturated carbocycles. The molecule has 0 bridgehead atoms. The highest BCUT2D eigenvalue weighted by Crippen LogP contribution is 2.20. The molecular weight excluding hydrogens is 495 g/mol. The predicted molar refractivity (Wildman–Crippen MR) is 131 cm³/mol. The first kappa shape index (κ1) is 26.5. The molecule has 0 spiro atoms. The van der Waals surface area contributed by atoms with Crippen molar-refractivity contribution >= 4 is 36.0 Å². The van der Waals surface area contributed by atoms with Crippen LogP contribution >= 0.6 is 24.0 Å². The van der Waals surface area contributed by atoms with Crippen molar-refractivity contribution in [2.24, 2.45) is 18.0 Å². The molecule has 2 atom stereocenters. The zero-order valence-corrected chi connectivity index (χ0v) is 21.8. The highest BCUT2D eigenvalue weighted by Gasteiger charge is 2.26. The van der Waals surface area contributed by atoms with Gasteiger partial charge in [-0.05, 0) is 58.4 Å². The van der Waals surface area contributed by atoms with Crippen molar-refractivity contribution in [3.63, 3.8) is 0 Å². The van der Waals surface area contributed by atoms with E-state index in [1.54, 1.807) is 11.9 Å². The number of nitrogens with zero attached hydrogens (tertiary/aromatic N) is 5. The largest absolute Gasteiger partial charge is 0.444 e. The minimum absolute atomic E-state index is 0. The maximum atomic E-state index is 12.2. The third-order valence-corrected chi connectivity index (χ3v) is 5.27. The molecule has 172 valence electrons. The van der Waals surface area contributed by atoms with Gasteiger partial charge in [0.1, 0.15) is 5.60 Å². The SMILES string of the molecule is CN=C(NCCC(C)N(C)C(=O)OC(C)(C)C)N1CCC(Cc2cnn(C)c2)C1.I. The minimum atomic E-state index is -0.479. The highest BCUT2D eigenvalue weighted by molar-refractivity contribution is 14.0. The molecule has 0 aromatic carbocycles. The number of aryl methyl sites for hydroxylation is 1. The molecule has 2 heterocycles. The number of likely N-dealkylation sites (tertiary alicyclic amines) is 1. The minimum Gasteiger partial charge on any atom is -0.444 e. The first-order valence-electron chi connectivity index (χ1n) is 10.5. The van der Waals surface area contributed by atoms with Crippen molar-refractivity contribution in [2.45, 2.75) is 58.6 Å². The molecule has 1 aliphatic rings. The number of nitrogens with one attached hydrogen (secondary N) is 1. The quantitative estimate of drug-likeness (QED) is 0.345. The van der Waals surface area contributed by atoms with Crippen LogP contribution in [0.2, 0.25) is 0 Å². The molecule has 1 fully saturated rings. The second-order valence-electron chi connectivity index (χ2n) is 9.03. The summed E-state index contributed by atoms with van der Waals surface area (Å²) in [5.41, 5.74) is 0.814. The fourth-order valence-corrected chi connectivity index (χ4v) is 3.53. The summed E-state index contributed by atoms with van der Waals surface area (Å²) in [5, 5.41) is 7.72. The van der Waals surface area contributed by atoms with Gasteiger partial charge in [-0.1, -0.05) is 0 Å². The van der Waals surface area contributed by atoms with Gasteiger partial charge in [0.25, 0.3) is 0 Å². The van der Waals surface area contributed by atoms with E-state index in [2.05, 4.69) is 26.5 Å². The van der Waals surface area contributed by atoms with E-state index in [0.29, 0.717) is 5.92 Å². The Kier molecular flexibility index (Phi) is 10.4. The lowest BCUT2D eigenvalue weighted by atomic mass is 10.0. The van der Waals surface area contributed by atoms with Crippen molar-refractivity contribution in [1.29, 1.82) is 0 Å². The Morgan fingerprint density at radius 2 is 2.17 bits per heavy atom. The molecule has 0 radical (unpaired) electrons. The smallest absolute Gasteiger partial charge is 0.410 e. The van der Waals surface area contributed by atoms with Gasteiger partial charge in [-0.3, -0.25) is 9.67 Å². The van der Waals surface area contributed by atoms with Gasteiger partial charge in [-0.2, -0.15) is 5.10 Å². The number of aromatic nitrogens is 2. The summed E-state index contributed by atoms with van der Waals surface area (Å²) in [6, 6.07) is 0.0763. The van der Waals surface area contributed by atoms with Gasteiger partial charge in [0, 0.05) is 53.0 Å². The Hall–Kier alpha value is -1.52. The molecule has 2 unspecified atom stereocenters. The number of ether oxygens (including phenoxy) is 1. The fourth-order valence-electron chi connectivity index (χ4n) is 3.53. The second kappa shape index (κ2) is 11.8. The number of amides is 1. The van der Waals surface area contributed by atoms with Gasteiger partial charge in [0.2, 0.25) is 0 Å². The van der Waals surface area contributed by atoms with Crippen LogP contribution in [0, 0.1) is 5.92 Å². The van der Waals surface area contributed by atoms with E-state index in [4.69, 9.17) is 4.74 Å². The van der Waals surface area contributed by atoms with E-state index in [0.717, 1.165) is 44.9 Å². The molecule has 2 rings (SSSR count). The lowest BCUT2D eigenvalue weighted by molar-refractivity contribution is 0.0230. The Morgan fingerprint density at radius 1 is 1.47 bits per heavy atom. The van der Waals surface area contributed by atoms with Gasteiger partial charge in [-0.25, -0.2) is 4.79 Å². The van der Waals surface area contributed by atoms with Crippen LogP contribution in [-0.2, 0) is 18.2 Å². The van der Waals surface area contributed by atoms with Crippen molar-refractivity contribution in [3.05, 3.63) is 18.0 Å². The van der Waals surface area contributed by atoms with Crippen molar-refractivity contribution in [3.8, 4) is 0 Å². The van der Waals surface area contributed by atoms with E-state index in [-0.39, 0.29) is 36.1 Å². The number of rotatable bonds is 6. The van der Waals surface area contributed by atoms with E-state index < -0.39 is 5.60 Å². The van der Waals surface area contributed by atoms with E-state index >= 15 is 0 Å². The molecule has 1 amide bonds. The topological polar surface area (TPSA) is 75.0 Å². The average molecular weight is 534 g/mol. The van der Waals surface area contributed by atoms with Gasteiger partial charge in [-0.15, -0.1) is 24.0 Å². The van der Waals surface area contributed by atoms with Crippen LogP contribution in [0.3, 0.4) is 0 Å². The normalized spacial score (nSPS) is 18.0. The molecule has 1 aromatic rings. The lowest BCUT2D eigenvalue weighted by Gasteiger charge is -2.29. The van der Waals surface area contributed by atoms with E-state index in [1.165, 1.54) is 5.56 Å². The summed E-state index contributed by atoms with van der Waals surface area (Å²) in [6.45, 7) is 10.4. The zero-order chi connectivity index (χ0) is 21.6. The van der Waals surface area contributed by atoms with Crippen LogP contribution < -0.4 is 5.32 Å². The van der Waals surface area contributed by atoms with Gasteiger partial charge < -0.3 is 19.9 Å². The number of carbonyl (C=O) groups is 1. The monoisotopic (exact) mass is 534 g/mol. The van der Waals surface area contributed by atoms with Crippen molar-refractivity contribution < 1.29 is 9.53 Å². The van der Waals surface area contributed by atoms with E-state index in [1.807, 2.05) is 52.7 Å². The predicted octanol–water partition coefficient (Wildman–Crippen LogP) is 3.12. The van der Waals surface area contributed by atoms with Gasteiger partial charge in [0.15, 0.2) is 5.96 Å². The van der Waals surface area contributed by atoms with Crippen molar-refractivity contribution in [1.82, 2.24) is 24.9 Å². The summed E-state index contributed by atoms with van der Waals surface area (Å²) in [6.07, 6.45) is 6.80. The summed E-state index contributed by atoms with van der Waals surface area (Å²) >= 11 is 0. The van der Waals surface area contributed by atoms with E-state index in [9.17, 15) is 4.79 Å². The summed E-state index contributed by atoms with van der Waals surface area (Å²) in [7, 11) is 5.57. The molecule has 1 saturated heterocycles. The second-order valence-corrected chi connectivity index (χ2v) is 9.03. The van der Waals surface area contributed by atoms with Crippen LogP contribution in [0.25, 0.3) is 0 Å². The van der Waals surface area contributed by atoms with Gasteiger partial charge >= 0.3 is 6.09 Å². The van der Waals surface area contributed by atoms with Crippen LogP contribution in [0.4, 0.5) is 4.79 Å². The van der Waals surface area contributed by atoms with Crippen LogP contribution in [-0.4, -0.2) is 77.0 Å². The van der Waals surface area contributed by atoms with Gasteiger partial charge in [0.05, 0.1) is 6.20 Å². The third kappa shape index (κ3) is 8.31. The Balaban J connectivity index is 0.00000450. The lowest BCUT2D eigenvalue weighted by Crippen LogP contribution is -2.43. The maximum absolute atomic E-state index is 12.2. The summed E-state index contributed by atoms with van der Waals surface area (Å²) in [5.74, 6) is 1.56. The molecular formula is C21H39IN6O2. The zero-order valence-electron chi connectivity index (χ0n) is 19.5. The Labute approximate surface area is 198 Å². The third-order valence-electron chi connectivity index (χ3n) is 5.27. The highest BCUT2D eigenvalue weighted by atomic mass is 127. The summed E-state index contributed by atoms with van der Waals surface area (Å²) < 4.78 is 7.30. The number of guanidine groups is 1. The molecule has 1 aromatic heterocycles. The first-order valence-corrected chi connectivity index (χ1v) is 10.5. The van der Waals surface area contributed by atoms with Crippen LogP contribution in [0.1, 0.15) is 46.1 Å². The van der Waals surface area contributed by atoms with Crippen molar-refractivity contribution in [2.75, 3.05) is 33.7 Å². The molecule has 1 aliphatic heterocycles. The number of aliphatic imine (C=N–C) groups is 1. The van der Waals surface area contributed by atoms with Crippen LogP contribution in [0.15, 0.2) is 17.4 Å². The molecule has 0 aliphatic carbocycles. The Morgan fingerprint density at radius 3 is 2.73 bits per heavy atom. The number of hydrogen-bond donors (Lipinski definition) is 1. The average Bonchev–Trinajstić information content (AvgIpc) is 3.25.